The van der Waals surface area contributed by atoms with Crippen molar-refractivity contribution in [3.8, 4) is 0 Å². The fourth-order valence-corrected chi connectivity index (χ4v) is 2.98. The largest absolute Gasteiger partial charge is 0.478 e. The molecular weight excluding hydrogens is 344 g/mol. The van der Waals surface area contributed by atoms with Gasteiger partial charge in [-0.25, -0.2) is 14.5 Å². The van der Waals surface area contributed by atoms with Gasteiger partial charge < -0.3 is 10.4 Å². The molecule has 27 heavy (non-hydrogen) atoms. The highest BCUT2D eigenvalue weighted by Gasteiger charge is 2.16. The molecule has 0 spiro atoms. The predicted molar refractivity (Wildman–Crippen MR) is 102 cm³/mol. The zero-order valence-corrected chi connectivity index (χ0v) is 15.6. The van der Waals surface area contributed by atoms with Gasteiger partial charge in [0.2, 0.25) is 0 Å². The highest BCUT2D eigenvalue weighted by atomic mass is 16.4. The topological polar surface area (TPSA) is 97.1 Å². The summed E-state index contributed by atoms with van der Waals surface area (Å²) in [6.07, 6.45) is 2.22. The predicted octanol–water partition coefficient (Wildman–Crippen LogP) is 2.99. The first kappa shape index (κ1) is 18.6. The molecule has 7 nitrogen and oxygen atoms in total. The van der Waals surface area contributed by atoms with Gasteiger partial charge in [-0.3, -0.25) is 4.79 Å². The molecule has 0 aliphatic heterocycles. The number of nitrogens with zero attached hydrogens (tertiary/aromatic N) is 3. The van der Waals surface area contributed by atoms with E-state index in [4.69, 9.17) is 5.11 Å². The molecule has 0 fully saturated rings. The van der Waals surface area contributed by atoms with Crippen LogP contribution in [0.3, 0.4) is 0 Å². The number of aryl methyl sites for hydroxylation is 1. The first-order valence-electron chi connectivity index (χ1n) is 8.82. The lowest BCUT2D eigenvalue weighted by atomic mass is 10.1. The van der Waals surface area contributed by atoms with Crippen molar-refractivity contribution in [2.75, 3.05) is 6.54 Å². The highest BCUT2D eigenvalue weighted by molar-refractivity contribution is 6.05. The van der Waals surface area contributed by atoms with Gasteiger partial charge in [0.15, 0.2) is 5.65 Å². The molecule has 7 heteroatoms. The Kier molecular flexibility index (Phi) is 5.21. The number of amides is 1. The van der Waals surface area contributed by atoms with E-state index in [1.807, 2.05) is 26.8 Å². The van der Waals surface area contributed by atoms with Crippen LogP contribution < -0.4 is 5.32 Å². The van der Waals surface area contributed by atoms with Crippen LogP contribution in [-0.2, 0) is 6.42 Å². The van der Waals surface area contributed by atoms with E-state index in [0.717, 1.165) is 16.6 Å². The van der Waals surface area contributed by atoms with Crippen LogP contribution in [0.15, 0.2) is 36.5 Å². The summed E-state index contributed by atoms with van der Waals surface area (Å²) in [6, 6.07) is 8.63. The van der Waals surface area contributed by atoms with Crippen molar-refractivity contribution < 1.29 is 14.7 Å². The average molecular weight is 366 g/mol. The van der Waals surface area contributed by atoms with Gasteiger partial charge in [-0.05, 0) is 51.0 Å². The number of carbonyl (C=O) groups excluding carboxylic acids is 1. The monoisotopic (exact) mass is 366 g/mol. The molecule has 1 amide bonds. The van der Waals surface area contributed by atoms with Crippen LogP contribution in [0.4, 0.5) is 0 Å². The van der Waals surface area contributed by atoms with Gasteiger partial charge in [-0.2, -0.15) is 5.10 Å². The molecular formula is C20H22N4O3. The summed E-state index contributed by atoms with van der Waals surface area (Å²) in [5.41, 5.74) is 3.10. The molecule has 0 aliphatic rings. The Morgan fingerprint density at radius 3 is 2.74 bits per heavy atom. The smallest absolute Gasteiger partial charge is 0.335 e. The number of pyridine rings is 1. The lowest BCUT2D eigenvalue weighted by molar-refractivity contribution is 0.0696. The van der Waals surface area contributed by atoms with Gasteiger partial charge in [-0.15, -0.1) is 0 Å². The van der Waals surface area contributed by atoms with Crippen molar-refractivity contribution in [2.45, 2.75) is 33.2 Å². The molecule has 3 rings (SSSR count). The molecule has 3 aromatic rings. The second-order valence-electron chi connectivity index (χ2n) is 6.74. The van der Waals surface area contributed by atoms with Crippen molar-refractivity contribution in [1.29, 1.82) is 0 Å². The van der Waals surface area contributed by atoms with Gasteiger partial charge in [0.25, 0.3) is 5.91 Å². The summed E-state index contributed by atoms with van der Waals surface area (Å²) in [6.45, 7) is 6.29. The van der Waals surface area contributed by atoms with Gasteiger partial charge >= 0.3 is 5.97 Å². The molecule has 0 saturated carbocycles. The maximum absolute atomic E-state index is 12.7. The number of rotatable bonds is 6. The molecule has 0 bridgehead atoms. The average Bonchev–Trinajstić information content (AvgIpc) is 3.05. The maximum atomic E-state index is 12.7. The molecule has 0 saturated heterocycles. The quantitative estimate of drug-likeness (QED) is 0.699. The fraction of sp³-hybridized carbons (Fsp3) is 0.300. The second kappa shape index (κ2) is 7.57. The number of aromatic nitrogens is 3. The van der Waals surface area contributed by atoms with Crippen LogP contribution in [0.2, 0.25) is 0 Å². The van der Waals surface area contributed by atoms with Gasteiger partial charge in [0.1, 0.15) is 0 Å². The number of hydrogen-bond acceptors (Lipinski definition) is 4. The molecule has 0 radical (unpaired) electrons. The number of fused-ring (bicyclic) bond motifs is 1. The van der Waals surface area contributed by atoms with Crippen LogP contribution >= 0.6 is 0 Å². The summed E-state index contributed by atoms with van der Waals surface area (Å²) in [5.74, 6) is -1.15. The van der Waals surface area contributed by atoms with E-state index in [9.17, 15) is 9.59 Å². The lowest BCUT2D eigenvalue weighted by Gasteiger charge is -2.10. The molecule has 0 atom stereocenters. The normalized spacial score (nSPS) is 11.1. The number of nitrogens with one attached hydrogen (secondary N) is 1. The van der Waals surface area contributed by atoms with E-state index in [2.05, 4.69) is 15.4 Å². The van der Waals surface area contributed by atoms with Crippen LogP contribution in [0.5, 0.6) is 0 Å². The second-order valence-corrected chi connectivity index (χ2v) is 6.74. The maximum Gasteiger partial charge on any atom is 0.335 e. The minimum Gasteiger partial charge on any atom is -0.478 e. The number of carboxylic acid groups (broad SMARTS) is 1. The number of carboxylic acids is 1. The van der Waals surface area contributed by atoms with E-state index in [0.29, 0.717) is 24.2 Å². The molecule has 2 heterocycles. The van der Waals surface area contributed by atoms with E-state index in [1.54, 1.807) is 35.1 Å². The lowest BCUT2D eigenvalue weighted by Crippen LogP contribution is -2.26. The number of hydrogen-bond donors (Lipinski definition) is 2. The summed E-state index contributed by atoms with van der Waals surface area (Å²) in [7, 11) is 0. The zero-order chi connectivity index (χ0) is 19.6. The fourth-order valence-electron chi connectivity index (χ4n) is 2.98. The van der Waals surface area contributed by atoms with Crippen molar-refractivity contribution in [3.05, 3.63) is 58.9 Å². The van der Waals surface area contributed by atoms with Crippen LogP contribution in [0.25, 0.3) is 11.0 Å². The van der Waals surface area contributed by atoms with E-state index in [1.165, 1.54) is 0 Å². The Hall–Kier alpha value is -3.22. The molecule has 2 aromatic heterocycles. The van der Waals surface area contributed by atoms with E-state index < -0.39 is 5.97 Å². The van der Waals surface area contributed by atoms with Crippen molar-refractivity contribution in [2.24, 2.45) is 0 Å². The number of carbonyl (C=O) groups is 2. The zero-order valence-electron chi connectivity index (χ0n) is 15.6. The van der Waals surface area contributed by atoms with Crippen molar-refractivity contribution in [1.82, 2.24) is 20.1 Å². The van der Waals surface area contributed by atoms with Crippen molar-refractivity contribution >= 4 is 22.9 Å². The summed E-state index contributed by atoms with van der Waals surface area (Å²) < 4.78 is 1.80. The molecule has 1 aromatic carbocycles. The molecule has 0 unspecified atom stereocenters. The van der Waals surface area contributed by atoms with E-state index in [-0.39, 0.29) is 17.5 Å². The summed E-state index contributed by atoms with van der Waals surface area (Å²) in [4.78, 5) is 28.2. The Balaban J connectivity index is 1.75. The van der Waals surface area contributed by atoms with Gasteiger partial charge in [0.05, 0.1) is 22.7 Å². The standard InChI is InChI=1S/C20H22N4O3/c1-12(2)24-18-17(11-22-24)16(9-13(3)23-18)19(25)21-8-7-14-5-4-6-15(10-14)20(26)27/h4-6,9-12H,7-8H2,1-3H3,(H,21,25)(H,26,27). The minimum atomic E-state index is -0.960. The van der Waals surface area contributed by atoms with Gasteiger partial charge in [0, 0.05) is 18.3 Å². The molecule has 2 N–H and O–H groups in total. The third-order valence-corrected chi connectivity index (χ3v) is 4.30. The van der Waals surface area contributed by atoms with Gasteiger partial charge in [-0.1, -0.05) is 12.1 Å². The van der Waals surface area contributed by atoms with Crippen LogP contribution in [-0.4, -0.2) is 38.3 Å². The third kappa shape index (κ3) is 3.97. The van der Waals surface area contributed by atoms with E-state index >= 15 is 0 Å². The first-order chi connectivity index (χ1) is 12.9. The Bertz CT molecular complexity index is 1010. The molecule has 140 valence electrons. The molecule has 0 aliphatic carbocycles. The Morgan fingerprint density at radius 2 is 2.04 bits per heavy atom. The summed E-state index contributed by atoms with van der Waals surface area (Å²) in [5, 5.41) is 17.0. The minimum absolute atomic E-state index is 0.147. The highest BCUT2D eigenvalue weighted by Crippen LogP contribution is 2.21. The number of aromatic carboxylic acids is 1. The van der Waals surface area contributed by atoms with Crippen molar-refractivity contribution in [3.63, 3.8) is 0 Å². The number of benzene rings is 1. The Morgan fingerprint density at radius 1 is 1.26 bits per heavy atom. The third-order valence-electron chi connectivity index (χ3n) is 4.30. The summed E-state index contributed by atoms with van der Waals surface area (Å²) >= 11 is 0. The SMILES string of the molecule is Cc1cc(C(=O)NCCc2cccc(C(=O)O)c2)c2cnn(C(C)C)c2n1. The first-order valence-corrected chi connectivity index (χ1v) is 8.82. The van der Waals surface area contributed by atoms with Crippen LogP contribution in [0, 0.1) is 6.92 Å². The van der Waals surface area contributed by atoms with Crippen LogP contribution in [0.1, 0.15) is 51.9 Å². The Labute approximate surface area is 157 Å².